The van der Waals surface area contributed by atoms with Crippen LogP contribution in [0.25, 0.3) is 0 Å². The number of ether oxygens (including phenoxy) is 2. The van der Waals surface area contributed by atoms with Gasteiger partial charge in [-0.05, 0) is 23.1 Å². The number of nitrogens with zero attached hydrogens (tertiary/aromatic N) is 1. The zero-order chi connectivity index (χ0) is 19.3. The maximum atomic E-state index is 11.7. The Morgan fingerprint density at radius 2 is 1.85 bits per heavy atom. The van der Waals surface area contributed by atoms with Crippen LogP contribution in [-0.4, -0.2) is 48.5 Å². The quantitative estimate of drug-likeness (QED) is 0.811. The van der Waals surface area contributed by atoms with E-state index in [0.717, 1.165) is 30.9 Å². The Bertz CT molecular complexity index is 719. The zero-order valence-electron chi connectivity index (χ0n) is 16.6. The highest BCUT2D eigenvalue weighted by Gasteiger charge is 2.43. The van der Waals surface area contributed by atoms with Crippen LogP contribution in [0.2, 0.25) is 0 Å². The molecule has 3 rings (SSSR count). The van der Waals surface area contributed by atoms with Crippen LogP contribution in [0.3, 0.4) is 0 Å². The zero-order valence-corrected chi connectivity index (χ0v) is 16.6. The Labute approximate surface area is 162 Å². The SMILES string of the molecule is COc1ccccc1CC(O)(C(C)C)C1CN(Cc2ccccc2)CCO1. The number of para-hydroxylation sites is 1. The second kappa shape index (κ2) is 8.87. The molecule has 0 bridgehead atoms. The first-order valence-corrected chi connectivity index (χ1v) is 9.75. The van der Waals surface area contributed by atoms with Gasteiger partial charge in [0.15, 0.2) is 0 Å². The molecule has 1 saturated heterocycles. The van der Waals surface area contributed by atoms with E-state index in [1.165, 1.54) is 5.56 Å². The van der Waals surface area contributed by atoms with Gasteiger partial charge in [0, 0.05) is 26.1 Å². The van der Waals surface area contributed by atoms with Crippen molar-refractivity contribution in [1.82, 2.24) is 4.90 Å². The van der Waals surface area contributed by atoms with E-state index in [2.05, 4.69) is 43.0 Å². The van der Waals surface area contributed by atoms with Crippen molar-refractivity contribution >= 4 is 0 Å². The van der Waals surface area contributed by atoms with Crippen LogP contribution in [0.15, 0.2) is 54.6 Å². The fraction of sp³-hybridized carbons (Fsp3) is 0.478. The Balaban J connectivity index is 1.77. The molecule has 4 nitrogen and oxygen atoms in total. The van der Waals surface area contributed by atoms with E-state index < -0.39 is 5.60 Å². The highest BCUT2D eigenvalue weighted by molar-refractivity contribution is 5.34. The first-order chi connectivity index (χ1) is 13.0. The molecule has 1 aliphatic rings. The standard InChI is InChI=1S/C23H31NO3/c1-18(2)23(25,15-20-11-7-8-12-21(20)26-3)22-17-24(13-14-27-22)16-19-9-5-4-6-10-19/h4-12,18,22,25H,13-17H2,1-3H3. The summed E-state index contributed by atoms with van der Waals surface area (Å²) in [5, 5.41) is 11.7. The van der Waals surface area contributed by atoms with Gasteiger partial charge in [-0.15, -0.1) is 0 Å². The first kappa shape index (κ1) is 19.9. The average molecular weight is 370 g/mol. The number of methoxy groups -OCH3 is 1. The monoisotopic (exact) mass is 369 g/mol. The maximum Gasteiger partial charge on any atom is 0.122 e. The number of morpholine rings is 1. The molecule has 1 aliphatic heterocycles. The lowest BCUT2D eigenvalue weighted by molar-refractivity contribution is -0.163. The lowest BCUT2D eigenvalue weighted by Gasteiger charge is -2.44. The number of rotatable bonds is 7. The third-order valence-corrected chi connectivity index (χ3v) is 5.62. The van der Waals surface area contributed by atoms with Gasteiger partial charge in [-0.25, -0.2) is 0 Å². The number of hydrogen-bond acceptors (Lipinski definition) is 4. The third-order valence-electron chi connectivity index (χ3n) is 5.62. The van der Waals surface area contributed by atoms with Crippen LogP contribution in [0, 0.1) is 5.92 Å². The van der Waals surface area contributed by atoms with Gasteiger partial charge in [0.25, 0.3) is 0 Å². The Morgan fingerprint density at radius 1 is 1.15 bits per heavy atom. The molecular weight excluding hydrogens is 338 g/mol. The van der Waals surface area contributed by atoms with E-state index in [1.54, 1.807) is 7.11 Å². The molecule has 27 heavy (non-hydrogen) atoms. The molecule has 0 spiro atoms. The molecule has 2 atom stereocenters. The van der Waals surface area contributed by atoms with E-state index in [-0.39, 0.29) is 12.0 Å². The molecule has 0 saturated carbocycles. The predicted molar refractivity (Wildman–Crippen MR) is 108 cm³/mol. The molecule has 1 fully saturated rings. The summed E-state index contributed by atoms with van der Waals surface area (Å²) >= 11 is 0. The molecule has 2 aromatic carbocycles. The summed E-state index contributed by atoms with van der Waals surface area (Å²) in [6, 6.07) is 18.4. The van der Waals surface area contributed by atoms with Crippen molar-refractivity contribution in [3.8, 4) is 5.75 Å². The topological polar surface area (TPSA) is 41.9 Å². The van der Waals surface area contributed by atoms with E-state index in [9.17, 15) is 5.11 Å². The predicted octanol–water partition coefficient (Wildman–Crippen LogP) is 3.53. The number of aliphatic hydroxyl groups is 1. The van der Waals surface area contributed by atoms with Gasteiger partial charge < -0.3 is 14.6 Å². The summed E-state index contributed by atoms with van der Waals surface area (Å²) < 4.78 is 11.6. The molecule has 2 unspecified atom stereocenters. The molecule has 0 aliphatic carbocycles. The van der Waals surface area contributed by atoms with E-state index >= 15 is 0 Å². The summed E-state index contributed by atoms with van der Waals surface area (Å²) in [4.78, 5) is 2.37. The van der Waals surface area contributed by atoms with Gasteiger partial charge in [0.05, 0.1) is 25.4 Å². The van der Waals surface area contributed by atoms with Crippen molar-refractivity contribution in [3.63, 3.8) is 0 Å². The molecule has 0 radical (unpaired) electrons. The van der Waals surface area contributed by atoms with Crippen LogP contribution < -0.4 is 4.74 Å². The second-order valence-electron chi connectivity index (χ2n) is 7.71. The number of benzene rings is 2. The molecule has 4 heteroatoms. The summed E-state index contributed by atoms with van der Waals surface area (Å²) in [6.07, 6.45) is 0.276. The Morgan fingerprint density at radius 3 is 2.56 bits per heavy atom. The van der Waals surface area contributed by atoms with Crippen LogP contribution >= 0.6 is 0 Å². The smallest absolute Gasteiger partial charge is 0.122 e. The molecule has 1 heterocycles. The minimum atomic E-state index is -0.954. The minimum Gasteiger partial charge on any atom is -0.496 e. The summed E-state index contributed by atoms with van der Waals surface area (Å²) in [6.45, 7) is 7.25. The maximum absolute atomic E-state index is 11.7. The van der Waals surface area contributed by atoms with Gasteiger partial charge in [-0.1, -0.05) is 62.4 Å². The Kier molecular flexibility index (Phi) is 6.53. The van der Waals surface area contributed by atoms with E-state index in [0.29, 0.717) is 13.0 Å². The van der Waals surface area contributed by atoms with Gasteiger partial charge >= 0.3 is 0 Å². The largest absolute Gasteiger partial charge is 0.496 e. The van der Waals surface area contributed by atoms with Crippen molar-refractivity contribution in [1.29, 1.82) is 0 Å². The fourth-order valence-corrected chi connectivity index (χ4v) is 3.83. The summed E-state index contributed by atoms with van der Waals surface area (Å²) in [5.74, 6) is 0.873. The molecule has 0 aromatic heterocycles. The lowest BCUT2D eigenvalue weighted by Crippen LogP contribution is -2.57. The summed E-state index contributed by atoms with van der Waals surface area (Å²) in [7, 11) is 1.67. The van der Waals surface area contributed by atoms with Crippen molar-refractivity contribution < 1.29 is 14.6 Å². The molecule has 146 valence electrons. The van der Waals surface area contributed by atoms with Gasteiger partial charge in [0.2, 0.25) is 0 Å². The lowest BCUT2D eigenvalue weighted by atomic mass is 9.79. The molecular formula is C23H31NO3. The third kappa shape index (κ3) is 4.70. The second-order valence-corrected chi connectivity index (χ2v) is 7.71. The average Bonchev–Trinajstić information content (AvgIpc) is 2.69. The highest BCUT2D eigenvalue weighted by Crippen LogP contribution is 2.33. The van der Waals surface area contributed by atoms with Crippen LogP contribution in [0.4, 0.5) is 0 Å². The van der Waals surface area contributed by atoms with Gasteiger partial charge in [0.1, 0.15) is 5.75 Å². The molecule has 0 amide bonds. The van der Waals surface area contributed by atoms with E-state index in [4.69, 9.17) is 9.47 Å². The van der Waals surface area contributed by atoms with Crippen molar-refractivity contribution in [3.05, 3.63) is 65.7 Å². The molecule has 1 N–H and O–H groups in total. The minimum absolute atomic E-state index is 0.0593. The first-order valence-electron chi connectivity index (χ1n) is 9.75. The van der Waals surface area contributed by atoms with Crippen LogP contribution in [-0.2, 0) is 17.7 Å². The van der Waals surface area contributed by atoms with Gasteiger partial charge in [-0.3, -0.25) is 4.90 Å². The number of hydrogen-bond donors (Lipinski definition) is 1. The Hall–Kier alpha value is -1.88. The van der Waals surface area contributed by atoms with Crippen molar-refractivity contribution in [2.24, 2.45) is 5.92 Å². The fourth-order valence-electron chi connectivity index (χ4n) is 3.83. The van der Waals surface area contributed by atoms with Crippen molar-refractivity contribution in [2.75, 3.05) is 26.8 Å². The van der Waals surface area contributed by atoms with Crippen LogP contribution in [0.5, 0.6) is 5.75 Å². The van der Waals surface area contributed by atoms with Crippen molar-refractivity contribution in [2.45, 2.75) is 38.5 Å². The summed E-state index contributed by atoms with van der Waals surface area (Å²) in [5.41, 5.74) is 1.35. The van der Waals surface area contributed by atoms with Crippen LogP contribution in [0.1, 0.15) is 25.0 Å². The molecule has 2 aromatic rings. The van der Waals surface area contributed by atoms with E-state index in [1.807, 2.05) is 30.3 Å². The highest BCUT2D eigenvalue weighted by atomic mass is 16.5. The normalized spacial score (nSPS) is 20.4. The van der Waals surface area contributed by atoms with Gasteiger partial charge in [-0.2, -0.15) is 0 Å².